The zero-order valence-electron chi connectivity index (χ0n) is 13.2. The average molecular weight is 285 g/mol. The lowest BCUT2D eigenvalue weighted by Crippen LogP contribution is -2.47. The van der Waals surface area contributed by atoms with Crippen molar-refractivity contribution in [2.75, 3.05) is 20.3 Å². The maximum absolute atomic E-state index is 12.7. The first-order valence-corrected chi connectivity index (χ1v) is 7.16. The van der Waals surface area contributed by atoms with Crippen LogP contribution < -0.4 is 0 Å². The van der Waals surface area contributed by atoms with Gasteiger partial charge in [0.2, 0.25) is 5.91 Å². The normalized spacial score (nSPS) is 20.1. The number of methoxy groups -OCH3 is 1. The average Bonchev–Trinajstić information content (AvgIpc) is 2.83. The molecule has 0 saturated carbocycles. The van der Waals surface area contributed by atoms with Crippen LogP contribution in [-0.4, -0.2) is 48.2 Å². The summed E-state index contributed by atoms with van der Waals surface area (Å²) in [5, 5.41) is 9.34. The van der Waals surface area contributed by atoms with E-state index < -0.39 is 10.8 Å². The van der Waals surface area contributed by atoms with Gasteiger partial charge < -0.3 is 14.7 Å². The number of likely N-dealkylation sites (tertiary alicyclic amines) is 1. The summed E-state index contributed by atoms with van der Waals surface area (Å²) >= 11 is 0. The second kappa shape index (κ2) is 6.12. The molecule has 1 atom stereocenters. The number of carbonyl (C=O) groups is 2. The van der Waals surface area contributed by atoms with Crippen LogP contribution in [-0.2, 0) is 14.3 Å². The molecule has 0 radical (unpaired) electrons. The van der Waals surface area contributed by atoms with Crippen molar-refractivity contribution >= 4 is 11.9 Å². The Morgan fingerprint density at radius 2 is 1.85 bits per heavy atom. The highest BCUT2D eigenvalue weighted by atomic mass is 16.5. The van der Waals surface area contributed by atoms with E-state index in [4.69, 9.17) is 4.74 Å². The highest BCUT2D eigenvalue weighted by molar-refractivity contribution is 5.84. The van der Waals surface area contributed by atoms with Gasteiger partial charge >= 0.3 is 5.97 Å². The van der Waals surface area contributed by atoms with Gasteiger partial charge in [-0.3, -0.25) is 9.59 Å². The molecular formula is C15H27NO4. The van der Waals surface area contributed by atoms with Crippen LogP contribution in [0.25, 0.3) is 0 Å². The summed E-state index contributed by atoms with van der Waals surface area (Å²) in [4.78, 5) is 26.2. The molecule has 1 saturated heterocycles. The second-order valence-corrected chi connectivity index (χ2v) is 6.91. The number of hydrogen-bond donors (Lipinski definition) is 1. The quantitative estimate of drug-likeness (QED) is 0.779. The van der Waals surface area contributed by atoms with E-state index in [1.54, 1.807) is 18.7 Å². The third kappa shape index (κ3) is 3.51. The number of aliphatic hydroxyl groups is 1. The molecule has 1 heterocycles. The topological polar surface area (TPSA) is 66.8 Å². The van der Waals surface area contributed by atoms with Crippen molar-refractivity contribution in [1.82, 2.24) is 4.90 Å². The molecule has 0 bridgehead atoms. The molecule has 1 rings (SSSR count). The summed E-state index contributed by atoms with van der Waals surface area (Å²) in [6, 6.07) is -0.0805. The molecule has 0 aromatic heterocycles. The SMILES string of the molecule is COC(=O)C(C)(C)CC(C)(C)C(=O)N1CCC[C@H]1CO. The lowest BCUT2D eigenvalue weighted by molar-refractivity contribution is -0.155. The van der Waals surface area contributed by atoms with Crippen LogP contribution >= 0.6 is 0 Å². The summed E-state index contributed by atoms with van der Waals surface area (Å²) in [6.45, 7) is 7.98. The molecule has 0 unspecified atom stereocenters. The number of nitrogens with zero attached hydrogens (tertiary/aromatic N) is 1. The van der Waals surface area contributed by atoms with E-state index in [-0.39, 0.29) is 24.5 Å². The maximum Gasteiger partial charge on any atom is 0.311 e. The molecule has 1 N–H and O–H groups in total. The first kappa shape index (κ1) is 17.0. The molecular weight excluding hydrogens is 258 g/mol. The number of carbonyl (C=O) groups excluding carboxylic acids is 2. The monoisotopic (exact) mass is 285 g/mol. The summed E-state index contributed by atoms with van der Waals surface area (Å²) in [5.41, 5.74) is -1.36. The number of amides is 1. The van der Waals surface area contributed by atoms with Gasteiger partial charge in [-0.2, -0.15) is 0 Å². The zero-order chi connectivity index (χ0) is 15.6. The van der Waals surface area contributed by atoms with Crippen LogP contribution in [0.15, 0.2) is 0 Å². The van der Waals surface area contributed by atoms with Gasteiger partial charge in [0, 0.05) is 12.0 Å². The third-order valence-electron chi connectivity index (χ3n) is 4.05. The largest absolute Gasteiger partial charge is 0.469 e. The molecule has 20 heavy (non-hydrogen) atoms. The summed E-state index contributed by atoms with van der Waals surface area (Å²) in [7, 11) is 1.36. The Balaban J connectivity index is 2.82. The van der Waals surface area contributed by atoms with E-state index >= 15 is 0 Å². The van der Waals surface area contributed by atoms with E-state index in [9.17, 15) is 14.7 Å². The maximum atomic E-state index is 12.7. The van der Waals surface area contributed by atoms with Crippen LogP contribution in [0.2, 0.25) is 0 Å². The van der Waals surface area contributed by atoms with Crippen molar-refractivity contribution in [2.24, 2.45) is 10.8 Å². The van der Waals surface area contributed by atoms with Gasteiger partial charge in [-0.1, -0.05) is 13.8 Å². The Hall–Kier alpha value is -1.10. The van der Waals surface area contributed by atoms with Gasteiger partial charge in [0.05, 0.1) is 25.2 Å². The fraction of sp³-hybridized carbons (Fsp3) is 0.867. The molecule has 0 aromatic rings. The zero-order valence-corrected chi connectivity index (χ0v) is 13.2. The van der Waals surface area contributed by atoms with Crippen molar-refractivity contribution in [3.05, 3.63) is 0 Å². The smallest absolute Gasteiger partial charge is 0.311 e. The van der Waals surface area contributed by atoms with Gasteiger partial charge in [-0.25, -0.2) is 0 Å². The van der Waals surface area contributed by atoms with Crippen LogP contribution in [0.3, 0.4) is 0 Å². The molecule has 1 fully saturated rings. The van der Waals surface area contributed by atoms with Crippen molar-refractivity contribution in [1.29, 1.82) is 0 Å². The van der Waals surface area contributed by atoms with E-state index in [1.807, 2.05) is 13.8 Å². The molecule has 5 heteroatoms. The van der Waals surface area contributed by atoms with Crippen LogP contribution in [0, 0.1) is 10.8 Å². The van der Waals surface area contributed by atoms with Crippen molar-refractivity contribution in [3.8, 4) is 0 Å². The number of aliphatic hydroxyl groups excluding tert-OH is 1. The standard InChI is InChI=1S/C15H27NO4/c1-14(2,10-15(3,4)13(19)20-5)12(18)16-8-6-7-11(16)9-17/h11,17H,6-10H2,1-5H3/t11-/m0/s1. The molecule has 0 aromatic carbocycles. The third-order valence-corrected chi connectivity index (χ3v) is 4.05. The minimum Gasteiger partial charge on any atom is -0.469 e. The summed E-state index contributed by atoms with van der Waals surface area (Å²) in [6.07, 6.45) is 2.19. The predicted octanol–water partition coefficient (Wildman–Crippen LogP) is 1.59. The molecule has 1 amide bonds. The number of hydrogen-bond acceptors (Lipinski definition) is 4. The van der Waals surface area contributed by atoms with Crippen LogP contribution in [0.5, 0.6) is 0 Å². The highest BCUT2D eigenvalue weighted by Crippen LogP contribution is 2.37. The van der Waals surface area contributed by atoms with Crippen molar-refractivity contribution in [2.45, 2.75) is 53.0 Å². The number of rotatable bonds is 5. The Labute approximate surface area is 121 Å². The lowest BCUT2D eigenvalue weighted by atomic mass is 9.74. The number of esters is 1. The van der Waals surface area contributed by atoms with Gasteiger partial charge in [0.25, 0.3) is 0 Å². The molecule has 5 nitrogen and oxygen atoms in total. The van der Waals surface area contributed by atoms with Crippen molar-refractivity contribution < 1.29 is 19.4 Å². The summed E-state index contributed by atoms with van der Waals surface area (Å²) < 4.78 is 4.80. The minimum atomic E-state index is -0.706. The molecule has 1 aliphatic heterocycles. The fourth-order valence-corrected chi connectivity index (χ4v) is 3.21. The van der Waals surface area contributed by atoms with E-state index in [0.29, 0.717) is 13.0 Å². The Morgan fingerprint density at radius 1 is 1.25 bits per heavy atom. The second-order valence-electron chi connectivity index (χ2n) is 6.91. The first-order chi connectivity index (χ1) is 9.15. The Kier molecular flexibility index (Phi) is 5.19. The Morgan fingerprint density at radius 3 is 2.35 bits per heavy atom. The Bertz CT molecular complexity index is 376. The molecule has 0 aliphatic carbocycles. The van der Waals surface area contributed by atoms with Gasteiger partial charge in [-0.05, 0) is 33.1 Å². The van der Waals surface area contributed by atoms with E-state index in [1.165, 1.54) is 7.11 Å². The fourth-order valence-electron chi connectivity index (χ4n) is 3.21. The highest BCUT2D eigenvalue weighted by Gasteiger charge is 2.43. The molecule has 1 aliphatic rings. The van der Waals surface area contributed by atoms with Crippen LogP contribution in [0.1, 0.15) is 47.0 Å². The predicted molar refractivity (Wildman–Crippen MR) is 76.0 cm³/mol. The lowest BCUT2D eigenvalue weighted by Gasteiger charge is -2.36. The summed E-state index contributed by atoms with van der Waals surface area (Å²) in [5.74, 6) is -0.301. The van der Waals surface area contributed by atoms with Gasteiger partial charge in [0.15, 0.2) is 0 Å². The van der Waals surface area contributed by atoms with E-state index in [2.05, 4.69) is 0 Å². The van der Waals surface area contributed by atoms with Crippen LogP contribution in [0.4, 0.5) is 0 Å². The van der Waals surface area contributed by atoms with Gasteiger partial charge in [0.1, 0.15) is 0 Å². The van der Waals surface area contributed by atoms with Crippen molar-refractivity contribution in [3.63, 3.8) is 0 Å². The molecule has 116 valence electrons. The van der Waals surface area contributed by atoms with Gasteiger partial charge in [-0.15, -0.1) is 0 Å². The number of ether oxygens (including phenoxy) is 1. The minimum absolute atomic E-state index is 0.00220. The molecule has 0 spiro atoms. The first-order valence-electron chi connectivity index (χ1n) is 7.16. The van der Waals surface area contributed by atoms with E-state index in [0.717, 1.165) is 12.8 Å².